The van der Waals surface area contributed by atoms with Crippen LogP contribution < -0.4 is 4.90 Å². The van der Waals surface area contributed by atoms with E-state index >= 15 is 0 Å². The van der Waals surface area contributed by atoms with E-state index in [9.17, 15) is 4.79 Å². The number of aldehydes is 1. The minimum atomic E-state index is 0.189. The average Bonchev–Trinajstić information content (AvgIpc) is 2.56. The molecule has 0 unspecified atom stereocenters. The van der Waals surface area contributed by atoms with Gasteiger partial charge in [-0.3, -0.25) is 4.79 Å². The number of rotatable bonds is 4. The van der Waals surface area contributed by atoms with Crippen LogP contribution in [-0.2, 0) is 9.59 Å². The van der Waals surface area contributed by atoms with Crippen molar-refractivity contribution in [3.05, 3.63) is 29.3 Å². The lowest BCUT2D eigenvalue weighted by molar-refractivity contribution is -0.123. The Morgan fingerprint density at radius 1 is 1.25 bits per heavy atom. The molecule has 134 valence electrons. The van der Waals surface area contributed by atoms with Crippen LogP contribution in [0.4, 0.5) is 5.69 Å². The molecule has 1 fully saturated rings. The lowest BCUT2D eigenvalue weighted by atomic mass is 9.95. The van der Waals surface area contributed by atoms with E-state index in [1.807, 2.05) is 4.90 Å². The standard InChI is InChI=1S/C18H28N2O.C2H4O/c1-5-10-20(17-7-6-14(2)15(3)13-17)18(21)16-8-11-19(4)12-9-16;1-2-3/h6-7,13,16H,5,8-12H2,1-4H3;2H,1H3. The highest BCUT2D eigenvalue weighted by molar-refractivity contribution is 5.95. The second-order valence-corrected chi connectivity index (χ2v) is 6.57. The number of likely N-dealkylation sites (tertiary alicyclic amines) is 1. The molecular formula is C20H32N2O2. The predicted molar refractivity (Wildman–Crippen MR) is 101 cm³/mol. The van der Waals surface area contributed by atoms with Gasteiger partial charge in [-0.1, -0.05) is 13.0 Å². The molecule has 24 heavy (non-hydrogen) atoms. The average molecular weight is 332 g/mol. The van der Waals surface area contributed by atoms with Crippen LogP contribution in [0.25, 0.3) is 0 Å². The van der Waals surface area contributed by atoms with Gasteiger partial charge in [0.15, 0.2) is 0 Å². The van der Waals surface area contributed by atoms with Crippen LogP contribution in [0.1, 0.15) is 44.2 Å². The van der Waals surface area contributed by atoms with Gasteiger partial charge in [-0.05, 0) is 83.4 Å². The summed E-state index contributed by atoms with van der Waals surface area (Å²) in [6.45, 7) is 10.7. The van der Waals surface area contributed by atoms with E-state index in [4.69, 9.17) is 4.79 Å². The molecule has 0 spiro atoms. The Morgan fingerprint density at radius 2 is 1.83 bits per heavy atom. The third-order valence-corrected chi connectivity index (χ3v) is 4.58. The Hall–Kier alpha value is -1.68. The van der Waals surface area contributed by atoms with Gasteiger partial charge in [0.2, 0.25) is 5.91 Å². The number of benzene rings is 1. The van der Waals surface area contributed by atoms with Crippen molar-refractivity contribution >= 4 is 17.9 Å². The molecule has 0 aromatic heterocycles. The molecule has 0 atom stereocenters. The zero-order valence-corrected chi connectivity index (χ0v) is 15.8. The Labute approximate surface area is 146 Å². The lowest BCUT2D eigenvalue weighted by Crippen LogP contribution is -2.42. The van der Waals surface area contributed by atoms with E-state index < -0.39 is 0 Å². The van der Waals surface area contributed by atoms with Crippen LogP contribution in [-0.4, -0.2) is 43.8 Å². The van der Waals surface area contributed by atoms with Crippen molar-refractivity contribution in [1.29, 1.82) is 0 Å². The molecule has 1 amide bonds. The van der Waals surface area contributed by atoms with Crippen LogP contribution in [0.2, 0.25) is 0 Å². The zero-order valence-electron chi connectivity index (χ0n) is 15.8. The zero-order chi connectivity index (χ0) is 18.1. The first-order valence-electron chi connectivity index (χ1n) is 8.91. The molecular weight excluding hydrogens is 300 g/mol. The maximum atomic E-state index is 12.9. The van der Waals surface area contributed by atoms with E-state index in [1.165, 1.54) is 18.1 Å². The van der Waals surface area contributed by atoms with Gasteiger partial charge in [-0.2, -0.15) is 0 Å². The molecule has 1 heterocycles. The number of nitrogens with zero attached hydrogens (tertiary/aromatic N) is 2. The Kier molecular flexibility index (Phi) is 8.69. The highest BCUT2D eigenvalue weighted by Gasteiger charge is 2.28. The van der Waals surface area contributed by atoms with Crippen molar-refractivity contribution in [3.63, 3.8) is 0 Å². The van der Waals surface area contributed by atoms with E-state index in [0.29, 0.717) is 5.91 Å². The highest BCUT2D eigenvalue weighted by Crippen LogP contribution is 2.25. The topological polar surface area (TPSA) is 40.6 Å². The van der Waals surface area contributed by atoms with Gasteiger partial charge < -0.3 is 14.6 Å². The number of hydrogen-bond acceptors (Lipinski definition) is 3. The Bertz CT molecular complexity index is 534. The molecule has 1 aromatic carbocycles. The lowest BCUT2D eigenvalue weighted by Gasteiger charge is -2.32. The summed E-state index contributed by atoms with van der Waals surface area (Å²) < 4.78 is 0. The fourth-order valence-electron chi connectivity index (χ4n) is 2.96. The number of aryl methyl sites for hydroxylation is 2. The van der Waals surface area contributed by atoms with Crippen LogP contribution in [0.5, 0.6) is 0 Å². The molecule has 4 heteroatoms. The van der Waals surface area contributed by atoms with Crippen molar-refractivity contribution in [2.45, 2.75) is 47.0 Å². The van der Waals surface area contributed by atoms with Gasteiger partial charge >= 0.3 is 0 Å². The molecule has 0 saturated carbocycles. The van der Waals surface area contributed by atoms with Gasteiger partial charge in [0.05, 0.1) is 0 Å². The maximum Gasteiger partial charge on any atom is 0.230 e. The summed E-state index contributed by atoms with van der Waals surface area (Å²) in [6.07, 6.45) is 3.71. The van der Waals surface area contributed by atoms with Crippen molar-refractivity contribution in [1.82, 2.24) is 4.90 Å². The van der Waals surface area contributed by atoms with E-state index in [-0.39, 0.29) is 5.92 Å². The second-order valence-electron chi connectivity index (χ2n) is 6.57. The molecule has 1 aliphatic heterocycles. The smallest absolute Gasteiger partial charge is 0.230 e. The van der Waals surface area contributed by atoms with E-state index in [2.05, 4.69) is 50.9 Å². The molecule has 0 aliphatic carbocycles. The van der Waals surface area contributed by atoms with Crippen LogP contribution in [0.3, 0.4) is 0 Å². The fraction of sp³-hybridized carbons (Fsp3) is 0.600. The number of amides is 1. The summed E-state index contributed by atoms with van der Waals surface area (Å²) in [6, 6.07) is 6.36. The van der Waals surface area contributed by atoms with Crippen LogP contribution in [0, 0.1) is 19.8 Å². The van der Waals surface area contributed by atoms with Gasteiger partial charge in [0.1, 0.15) is 6.29 Å². The third-order valence-electron chi connectivity index (χ3n) is 4.58. The number of hydrogen-bond donors (Lipinski definition) is 0. The first-order valence-corrected chi connectivity index (χ1v) is 8.91. The minimum Gasteiger partial charge on any atom is -0.312 e. The summed E-state index contributed by atoms with van der Waals surface area (Å²) in [7, 11) is 2.13. The van der Waals surface area contributed by atoms with Crippen molar-refractivity contribution in [2.24, 2.45) is 5.92 Å². The van der Waals surface area contributed by atoms with Gasteiger partial charge in [0, 0.05) is 18.2 Å². The summed E-state index contributed by atoms with van der Waals surface area (Å²) >= 11 is 0. The van der Waals surface area contributed by atoms with Crippen LogP contribution in [0.15, 0.2) is 18.2 Å². The van der Waals surface area contributed by atoms with Gasteiger partial charge in [-0.25, -0.2) is 0 Å². The summed E-state index contributed by atoms with van der Waals surface area (Å²) in [5, 5.41) is 0. The predicted octanol–water partition coefficient (Wildman–Crippen LogP) is 3.59. The number of anilines is 1. The minimum absolute atomic E-state index is 0.189. The first-order chi connectivity index (χ1) is 11.4. The second kappa shape index (κ2) is 10.2. The fourth-order valence-corrected chi connectivity index (χ4v) is 2.96. The Balaban J connectivity index is 0.000000891. The Morgan fingerprint density at radius 3 is 2.33 bits per heavy atom. The quantitative estimate of drug-likeness (QED) is 0.791. The number of piperidine rings is 1. The largest absolute Gasteiger partial charge is 0.312 e. The first kappa shape index (κ1) is 20.4. The molecule has 0 bridgehead atoms. The SMILES string of the molecule is CC=O.CCCN(C(=O)C1CCN(C)CC1)c1ccc(C)c(C)c1. The molecule has 1 aromatic rings. The van der Waals surface area contributed by atoms with E-state index in [1.54, 1.807) is 0 Å². The van der Waals surface area contributed by atoms with Crippen molar-refractivity contribution < 1.29 is 9.59 Å². The number of carbonyl (C=O) groups is 2. The molecule has 0 radical (unpaired) electrons. The van der Waals surface area contributed by atoms with Crippen LogP contribution >= 0.6 is 0 Å². The molecule has 4 nitrogen and oxygen atoms in total. The third kappa shape index (κ3) is 5.75. The summed E-state index contributed by atoms with van der Waals surface area (Å²) in [5.74, 6) is 0.502. The van der Waals surface area contributed by atoms with Crippen molar-refractivity contribution in [3.8, 4) is 0 Å². The van der Waals surface area contributed by atoms with Gasteiger partial charge in [-0.15, -0.1) is 0 Å². The molecule has 2 rings (SSSR count). The molecule has 1 aliphatic rings. The number of carbonyl (C=O) groups excluding carboxylic acids is 2. The van der Waals surface area contributed by atoms with Crippen molar-refractivity contribution in [2.75, 3.05) is 31.6 Å². The van der Waals surface area contributed by atoms with Gasteiger partial charge in [0.25, 0.3) is 0 Å². The molecule has 1 saturated heterocycles. The molecule has 0 N–H and O–H groups in total. The summed E-state index contributed by atoms with van der Waals surface area (Å²) in [5.41, 5.74) is 3.59. The van der Waals surface area contributed by atoms with E-state index in [0.717, 1.165) is 50.9 Å². The normalized spacial score (nSPS) is 15.4. The monoisotopic (exact) mass is 332 g/mol. The highest BCUT2D eigenvalue weighted by atomic mass is 16.2. The maximum absolute atomic E-state index is 12.9. The summed E-state index contributed by atoms with van der Waals surface area (Å²) in [4.78, 5) is 26.0.